The fourth-order valence-electron chi connectivity index (χ4n) is 1.58. The van der Waals surface area contributed by atoms with Gasteiger partial charge in [0.15, 0.2) is 0 Å². The fourth-order valence-corrected chi connectivity index (χ4v) is 1.81. The van der Waals surface area contributed by atoms with Gasteiger partial charge < -0.3 is 10.1 Å². The van der Waals surface area contributed by atoms with E-state index < -0.39 is 0 Å². The highest BCUT2D eigenvalue weighted by atomic mass is 79.9. The number of rotatable bonds is 5. The van der Waals surface area contributed by atoms with E-state index in [1.165, 1.54) is 0 Å². The van der Waals surface area contributed by atoms with Crippen molar-refractivity contribution in [1.29, 1.82) is 0 Å². The van der Waals surface area contributed by atoms with Crippen molar-refractivity contribution in [2.45, 2.75) is 13.1 Å². The van der Waals surface area contributed by atoms with Crippen LogP contribution in [0.5, 0.6) is 5.88 Å². The highest BCUT2D eigenvalue weighted by molar-refractivity contribution is 9.10. The minimum absolute atomic E-state index is 0.661. The summed E-state index contributed by atoms with van der Waals surface area (Å²) in [6.07, 6.45) is 3.51. The molecule has 4 nitrogen and oxygen atoms in total. The molecular weight excluding hydrogens is 294 g/mol. The molecule has 2 heterocycles. The predicted molar refractivity (Wildman–Crippen MR) is 73.3 cm³/mol. The van der Waals surface area contributed by atoms with Crippen molar-refractivity contribution in [2.24, 2.45) is 0 Å². The Bertz CT molecular complexity index is 502. The summed E-state index contributed by atoms with van der Waals surface area (Å²) in [6, 6.07) is 7.86. The molecule has 0 saturated heterocycles. The standard InChI is InChI=1S/C13H14BrN3O/c1-18-13-10(3-2-6-16-13)7-15-9-12-5-4-11(14)8-17-12/h2-6,8,15H,7,9H2,1H3. The lowest BCUT2D eigenvalue weighted by Gasteiger charge is -2.08. The Morgan fingerprint density at radius 1 is 1.22 bits per heavy atom. The molecule has 2 rings (SSSR count). The van der Waals surface area contributed by atoms with Gasteiger partial charge in [-0.05, 0) is 34.1 Å². The lowest BCUT2D eigenvalue weighted by molar-refractivity contribution is 0.390. The summed E-state index contributed by atoms with van der Waals surface area (Å²) in [5.41, 5.74) is 2.04. The molecule has 0 saturated carbocycles. The predicted octanol–water partition coefficient (Wildman–Crippen LogP) is 2.54. The third kappa shape index (κ3) is 3.51. The van der Waals surface area contributed by atoms with Crippen molar-refractivity contribution in [1.82, 2.24) is 15.3 Å². The average molecular weight is 308 g/mol. The number of hydrogen-bond donors (Lipinski definition) is 1. The molecule has 5 heteroatoms. The summed E-state index contributed by atoms with van der Waals surface area (Å²) in [5.74, 6) is 0.661. The monoisotopic (exact) mass is 307 g/mol. The third-order valence-electron chi connectivity index (χ3n) is 2.45. The van der Waals surface area contributed by atoms with Crippen LogP contribution in [0.3, 0.4) is 0 Å². The summed E-state index contributed by atoms with van der Waals surface area (Å²) in [4.78, 5) is 8.45. The number of hydrogen-bond acceptors (Lipinski definition) is 4. The van der Waals surface area contributed by atoms with Crippen molar-refractivity contribution in [3.8, 4) is 5.88 Å². The largest absolute Gasteiger partial charge is 0.481 e. The van der Waals surface area contributed by atoms with Crippen LogP contribution in [0.25, 0.3) is 0 Å². The van der Waals surface area contributed by atoms with E-state index in [9.17, 15) is 0 Å². The van der Waals surface area contributed by atoms with Crippen LogP contribution in [0, 0.1) is 0 Å². The summed E-state index contributed by atoms with van der Waals surface area (Å²) >= 11 is 3.36. The molecule has 2 aromatic rings. The summed E-state index contributed by atoms with van der Waals surface area (Å²) in [6.45, 7) is 1.42. The smallest absolute Gasteiger partial charge is 0.217 e. The van der Waals surface area contributed by atoms with Crippen LogP contribution in [0.1, 0.15) is 11.3 Å². The maximum Gasteiger partial charge on any atom is 0.217 e. The summed E-state index contributed by atoms with van der Waals surface area (Å²) < 4.78 is 6.18. The van der Waals surface area contributed by atoms with Gasteiger partial charge in [-0.3, -0.25) is 4.98 Å². The van der Waals surface area contributed by atoms with Gasteiger partial charge >= 0.3 is 0 Å². The molecule has 0 aliphatic carbocycles. The zero-order chi connectivity index (χ0) is 12.8. The number of pyridine rings is 2. The number of aromatic nitrogens is 2. The quantitative estimate of drug-likeness (QED) is 0.922. The van der Waals surface area contributed by atoms with Crippen molar-refractivity contribution in [2.75, 3.05) is 7.11 Å². The average Bonchev–Trinajstić information content (AvgIpc) is 2.41. The lowest BCUT2D eigenvalue weighted by Crippen LogP contribution is -2.14. The number of nitrogens with one attached hydrogen (secondary N) is 1. The molecule has 0 atom stereocenters. The minimum atomic E-state index is 0.661. The van der Waals surface area contributed by atoms with Crippen LogP contribution in [-0.4, -0.2) is 17.1 Å². The zero-order valence-electron chi connectivity index (χ0n) is 10.1. The molecular formula is C13H14BrN3O. The van der Waals surface area contributed by atoms with Crippen LogP contribution in [0.15, 0.2) is 41.1 Å². The molecule has 18 heavy (non-hydrogen) atoms. The second-order valence-electron chi connectivity index (χ2n) is 3.74. The highest BCUT2D eigenvalue weighted by Gasteiger charge is 2.02. The first-order chi connectivity index (χ1) is 8.79. The maximum atomic E-state index is 5.19. The van der Waals surface area contributed by atoms with Crippen molar-refractivity contribution in [3.63, 3.8) is 0 Å². The molecule has 0 radical (unpaired) electrons. The second kappa shape index (κ2) is 6.47. The fraction of sp³-hybridized carbons (Fsp3) is 0.231. The number of halogens is 1. The minimum Gasteiger partial charge on any atom is -0.481 e. The molecule has 0 aliphatic heterocycles. The lowest BCUT2D eigenvalue weighted by atomic mass is 10.2. The second-order valence-corrected chi connectivity index (χ2v) is 4.66. The van der Waals surface area contributed by atoms with Gasteiger partial charge in [0, 0.05) is 35.5 Å². The Balaban J connectivity index is 1.90. The van der Waals surface area contributed by atoms with E-state index in [2.05, 4.69) is 31.2 Å². The molecule has 0 aromatic carbocycles. The molecule has 0 amide bonds. The van der Waals surface area contributed by atoms with E-state index in [0.717, 1.165) is 15.7 Å². The van der Waals surface area contributed by atoms with Gasteiger partial charge in [-0.2, -0.15) is 0 Å². The molecule has 0 aliphatic rings. The Morgan fingerprint density at radius 3 is 2.83 bits per heavy atom. The first kappa shape index (κ1) is 13.0. The number of nitrogens with zero attached hydrogens (tertiary/aromatic N) is 2. The highest BCUT2D eigenvalue weighted by Crippen LogP contribution is 2.13. The van der Waals surface area contributed by atoms with E-state index in [1.807, 2.05) is 24.3 Å². The third-order valence-corrected chi connectivity index (χ3v) is 2.92. The van der Waals surface area contributed by atoms with Gasteiger partial charge in [0.25, 0.3) is 0 Å². The van der Waals surface area contributed by atoms with E-state index >= 15 is 0 Å². The Morgan fingerprint density at radius 2 is 2.11 bits per heavy atom. The molecule has 0 unspecified atom stereocenters. The van der Waals surface area contributed by atoms with Crippen LogP contribution >= 0.6 is 15.9 Å². The first-order valence-electron chi connectivity index (χ1n) is 5.58. The first-order valence-corrected chi connectivity index (χ1v) is 6.38. The summed E-state index contributed by atoms with van der Waals surface area (Å²) in [5, 5.41) is 3.31. The molecule has 1 N–H and O–H groups in total. The van der Waals surface area contributed by atoms with Crippen molar-refractivity contribution >= 4 is 15.9 Å². The van der Waals surface area contributed by atoms with Crippen LogP contribution in [0.4, 0.5) is 0 Å². The molecule has 2 aromatic heterocycles. The van der Waals surface area contributed by atoms with Crippen LogP contribution in [-0.2, 0) is 13.1 Å². The molecule has 0 fully saturated rings. The van der Waals surface area contributed by atoms with Crippen LogP contribution < -0.4 is 10.1 Å². The van der Waals surface area contributed by atoms with Crippen molar-refractivity contribution in [3.05, 3.63) is 52.4 Å². The van der Waals surface area contributed by atoms with Crippen LogP contribution in [0.2, 0.25) is 0 Å². The number of ether oxygens (including phenoxy) is 1. The maximum absolute atomic E-state index is 5.19. The van der Waals surface area contributed by atoms with Gasteiger partial charge in [0.2, 0.25) is 5.88 Å². The van der Waals surface area contributed by atoms with E-state index in [4.69, 9.17) is 4.74 Å². The number of methoxy groups -OCH3 is 1. The SMILES string of the molecule is COc1ncccc1CNCc1ccc(Br)cn1. The Kier molecular flexibility index (Phi) is 4.66. The molecule has 0 bridgehead atoms. The van der Waals surface area contributed by atoms with Gasteiger partial charge in [-0.1, -0.05) is 6.07 Å². The Labute approximate surface area is 115 Å². The van der Waals surface area contributed by atoms with Gasteiger partial charge in [-0.25, -0.2) is 4.98 Å². The molecule has 94 valence electrons. The zero-order valence-corrected chi connectivity index (χ0v) is 11.6. The topological polar surface area (TPSA) is 47.0 Å². The normalized spacial score (nSPS) is 10.3. The van der Waals surface area contributed by atoms with E-state index in [-0.39, 0.29) is 0 Å². The van der Waals surface area contributed by atoms with E-state index in [1.54, 1.807) is 19.5 Å². The van der Waals surface area contributed by atoms with Gasteiger partial charge in [-0.15, -0.1) is 0 Å². The van der Waals surface area contributed by atoms with Crippen molar-refractivity contribution < 1.29 is 4.74 Å². The Hall–Kier alpha value is -1.46. The van der Waals surface area contributed by atoms with Gasteiger partial charge in [0.05, 0.1) is 12.8 Å². The van der Waals surface area contributed by atoms with E-state index in [0.29, 0.717) is 19.0 Å². The molecule has 0 spiro atoms. The summed E-state index contributed by atoms with van der Waals surface area (Å²) in [7, 11) is 1.63. The van der Waals surface area contributed by atoms with Gasteiger partial charge in [0.1, 0.15) is 0 Å².